The summed E-state index contributed by atoms with van der Waals surface area (Å²) in [6, 6.07) is 1.71. The molecule has 5 heterocycles. The average Bonchev–Trinajstić information content (AvgIpc) is 3.54. The number of aryl methyl sites for hydroxylation is 2. The van der Waals surface area contributed by atoms with Crippen molar-refractivity contribution in [3.05, 3.63) is 42.1 Å². The van der Waals surface area contributed by atoms with Crippen molar-refractivity contribution in [2.45, 2.75) is 33.7 Å². The highest BCUT2D eigenvalue weighted by Gasteiger charge is 2.22. The molecule has 4 aromatic rings. The molecule has 1 aliphatic heterocycles. The van der Waals surface area contributed by atoms with E-state index in [1.807, 2.05) is 10.9 Å². The molecular formula is C24H28N8O3S. The van der Waals surface area contributed by atoms with Crippen molar-refractivity contribution in [2.24, 2.45) is 5.92 Å². The summed E-state index contributed by atoms with van der Waals surface area (Å²) in [7, 11) is 0. The van der Waals surface area contributed by atoms with Crippen LogP contribution in [-0.2, 0) is 11.3 Å². The Kier molecular flexibility index (Phi) is 6.70. The lowest BCUT2D eigenvalue weighted by atomic mass is 10.2. The molecular weight excluding hydrogens is 480 g/mol. The van der Waals surface area contributed by atoms with E-state index in [1.54, 1.807) is 36.1 Å². The van der Waals surface area contributed by atoms with Crippen molar-refractivity contribution in [1.29, 1.82) is 0 Å². The predicted molar refractivity (Wildman–Crippen MR) is 138 cm³/mol. The summed E-state index contributed by atoms with van der Waals surface area (Å²) in [5.74, 6) is 0.721. The van der Waals surface area contributed by atoms with Crippen LogP contribution >= 0.6 is 11.3 Å². The number of hydrogen-bond donors (Lipinski definition) is 3. The van der Waals surface area contributed by atoms with Crippen molar-refractivity contribution < 1.29 is 14.3 Å². The molecule has 4 aromatic heterocycles. The lowest BCUT2D eigenvalue weighted by Crippen LogP contribution is -2.30. The summed E-state index contributed by atoms with van der Waals surface area (Å²) in [5.41, 5.74) is 3.00. The fourth-order valence-corrected chi connectivity index (χ4v) is 4.96. The van der Waals surface area contributed by atoms with Gasteiger partial charge in [-0.2, -0.15) is 10.2 Å². The topological polar surface area (TPSA) is 127 Å². The molecule has 36 heavy (non-hydrogen) atoms. The van der Waals surface area contributed by atoms with Gasteiger partial charge in [-0.15, -0.1) is 11.3 Å². The molecule has 3 N–H and O–H groups in total. The lowest BCUT2D eigenvalue weighted by Gasteiger charge is -2.15. The van der Waals surface area contributed by atoms with E-state index in [9.17, 15) is 9.59 Å². The van der Waals surface area contributed by atoms with Crippen molar-refractivity contribution in [3.63, 3.8) is 0 Å². The molecule has 0 radical (unpaired) electrons. The second-order valence-corrected chi connectivity index (χ2v) is 10.1. The Morgan fingerprint density at radius 2 is 2.06 bits per heavy atom. The minimum atomic E-state index is -0.307. The number of ether oxygens (including phenoxy) is 1. The number of hydrogen-bond acceptors (Lipinski definition) is 8. The number of aromatic nitrogens is 5. The van der Waals surface area contributed by atoms with E-state index in [0.717, 1.165) is 35.8 Å². The first kappa shape index (κ1) is 23.9. The summed E-state index contributed by atoms with van der Waals surface area (Å²) in [6.07, 6.45) is 7.72. The molecule has 0 saturated carbocycles. The van der Waals surface area contributed by atoms with Gasteiger partial charge in [-0.05, 0) is 25.5 Å². The SMILES string of the molecule is Cc1ncc(NC(=O)CNCC(C)C)cc1NC(=O)c1cnn2cc(-c3cnn4c3OCCC4)sc12. The van der Waals surface area contributed by atoms with E-state index in [2.05, 4.69) is 45.0 Å². The number of carbonyl (C=O) groups excluding carboxylic acids is 2. The molecule has 0 saturated heterocycles. The Balaban J connectivity index is 1.31. The molecule has 5 rings (SSSR count). The van der Waals surface area contributed by atoms with Gasteiger partial charge in [0.15, 0.2) is 0 Å². The first-order valence-electron chi connectivity index (χ1n) is 11.8. The highest BCUT2D eigenvalue weighted by molar-refractivity contribution is 7.21. The summed E-state index contributed by atoms with van der Waals surface area (Å²) >= 11 is 1.45. The van der Waals surface area contributed by atoms with E-state index in [1.165, 1.54) is 11.3 Å². The van der Waals surface area contributed by atoms with Gasteiger partial charge in [-0.1, -0.05) is 13.8 Å². The van der Waals surface area contributed by atoms with Crippen LogP contribution in [0.4, 0.5) is 11.4 Å². The van der Waals surface area contributed by atoms with Crippen molar-refractivity contribution in [1.82, 2.24) is 29.7 Å². The second-order valence-electron chi connectivity index (χ2n) is 9.08. The fourth-order valence-electron chi connectivity index (χ4n) is 3.90. The number of anilines is 2. The maximum Gasteiger partial charge on any atom is 0.260 e. The first-order chi connectivity index (χ1) is 17.4. The third kappa shape index (κ3) is 4.95. The van der Waals surface area contributed by atoms with Gasteiger partial charge in [0, 0.05) is 19.2 Å². The number of rotatable bonds is 8. The van der Waals surface area contributed by atoms with Crippen molar-refractivity contribution in [3.8, 4) is 16.3 Å². The number of pyridine rings is 1. The first-order valence-corrected chi connectivity index (χ1v) is 12.7. The van der Waals surface area contributed by atoms with Gasteiger partial charge < -0.3 is 20.7 Å². The predicted octanol–water partition coefficient (Wildman–Crippen LogP) is 3.18. The molecule has 1 aliphatic rings. The van der Waals surface area contributed by atoms with Crippen LogP contribution in [0.25, 0.3) is 15.3 Å². The highest BCUT2D eigenvalue weighted by atomic mass is 32.1. The molecule has 0 aromatic carbocycles. The second kappa shape index (κ2) is 10.1. The normalized spacial score (nSPS) is 13.0. The van der Waals surface area contributed by atoms with Gasteiger partial charge in [0.2, 0.25) is 11.8 Å². The lowest BCUT2D eigenvalue weighted by molar-refractivity contribution is -0.115. The van der Waals surface area contributed by atoms with E-state index < -0.39 is 0 Å². The summed E-state index contributed by atoms with van der Waals surface area (Å²) in [5, 5.41) is 17.6. The van der Waals surface area contributed by atoms with Gasteiger partial charge in [-0.25, -0.2) is 9.20 Å². The quantitative estimate of drug-likeness (QED) is 0.334. The van der Waals surface area contributed by atoms with Gasteiger partial charge in [0.05, 0.1) is 64.8 Å². The molecule has 2 amide bonds. The summed E-state index contributed by atoms with van der Waals surface area (Å²) in [4.78, 5) is 31.4. The van der Waals surface area contributed by atoms with E-state index >= 15 is 0 Å². The summed E-state index contributed by atoms with van der Waals surface area (Å²) < 4.78 is 9.37. The third-order valence-electron chi connectivity index (χ3n) is 5.71. The van der Waals surface area contributed by atoms with E-state index in [4.69, 9.17) is 4.74 Å². The number of thiazole rings is 1. The number of nitrogens with zero attached hydrogens (tertiary/aromatic N) is 5. The van der Waals surface area contributed by atoms with Gasteiger partial charge >= 0.3 is 0 Å². The van der Waals surface area contributed by atoms with Crippen LogP contribution in [-0.4, -0.2) is 55.9 Å². The smallest absolute Gasteiger partial charge is 0.260 e. The highest BCUT2D eigenvalue weighted by Crippen LogP contribution is 2.37. The maximum atomic E-state index is 13.2. The number of fused-ring (bicyclic) bond motifs is 2. The van der Waals surface area contributed by atoms with E-state index in [0.29, 0.717) is 40.0 Å². The molecule has 11 nitrogen and oxygen atoms in total. The van der Waals surface area contributed by atoms with E-state index in [-0.39, 0.29) is 18.4 Å². The largest absolute Gasteiger partial charge is 0.477 e. The van der Waals surface area contributed by atoms with Gasteiger partial charge in [0.25, 0.3) is 5.91 Å². The standard InChI is InChI=1S/C24H28N8O3S/c1-14(2)8-25-12-21(33)29-16-7-19(15(3)26-9-16)30-22(34)18-11-28-32-13-20(36-24(18)32)17-10-27-31-5-4-6-35-23(17)31/h7,9-11,13-14,25H,4-6,8,12H2,1-3H3,(H,29,33)(H,30,34). The Morgan fingerprint density at radius 3 is 2.89 bits per heavy atom. The average molecular weight is 509 g/mol. The minimum Gasteiger partial charge on any atom is -0.477 e. The van der Waals surface area contributed by atoms with Crippen LogP contribution in [0.1, 0.15) is 36.3 Å². The van der Waals surface area contributed by atoms with Crippen molar-refractivity contribution in [2.75, 3.05) is 30.3 Å². The minimum absolute atomic E-state index is 0.172. The molecule has 12 heteroatoms. The van der Waals surface area contributed by atoms with Crippen molar-refractivity contribution >= 4 is 39.4 Å². The monoisotopic (exact) mass is 508 g/mol. The zero-order chi connectivity index (χ0) is 25.2. The fraction of sp³-hybridized carbons (Fsp3) is 0.375. The molecule has 188 valence electrons. The molecule has 0 atom stereocenters. The van der Waals surface area contributed by atoms with Gasteiger partial charge in [0.1, 0.15) is 4.83 Å². The molecule has 0 aliphatic carbocycles. The van der Waals surface area contributed by atoms with Gasteiger partial charge in [-0.3, -0.25) is 14.6 Å². The number of nitrogens with one attached hydrogen (secondary N) is 3. The Bertz CT molecular complexity index is 1420. The maximum absolute atomic E-state index is 13.2. The number of amides is 2. The van der Waals surface area contributed by atoms with Crippen LogP contribution in [0.2, 0.25) is 0 Å². The van der Waals surface area contributed by atoms with Crippen LogP contribution in [0.3, 0.4) is 0 Å². The van der Waals surface area contributed by atoms with Crippen LogP contribution < -0.4 is 20.7 Å². The molecule has 0 spiro atoms. The summed E-state index contributed by atoms with van der Waals surface area (Å²) in [6.45, 7) is 8.40. The zero-order valence-electron chi connectivity index (χ0n) is 20.4. The molecule has 0 fully saturated rings. The number of carbonyl (C=O) groups is 2. The van der Waals surface area contributed by atoms with Crippen LogP contribution in [0.5, 0.6) is 5.88 Å². The van der Waals surface area contributed by atoms with Crippen LogP contribution in [0.15, 0.2) is 30.9 Å². The van der Waals surface area contributed by atoms with Crippen LogP contribution in [0, 0.1) is 12.8 Å². The Hall–Kier alpha value is -3.77. The zero-order valence-corrected chi connectivity index (χ0v) is 21.2. The Morgan fingerprint density at radius 1 is 1.19 bits per heavy atom. The Labute approximate surface area is 211 Å². The molecule has 0 bridgehead atoms. The third-order valence-corrected chi connectivity index (χ3v) is 6.85. The molecule has 0 unspecified atom stereocenters.